The third kappa shape index (κ3) is 26.5. The van der Waals surface area contributed by atoms with Crippen LogP contribution in [0.3, 0.4) is 0 Å². The minimum absolute atomic E-state index is 0.0111. The van der Waals surface area contributed by atoms with Gasteiger partial charge in [-0.3, -0.25) is 38.1 Å². The molecule has 0 aliphatic carbocycles. The van der Waals surface area contributed by atoms with E-state index >= 15 is 0 Å². The molecule has 3 atom stereocenters. The van der Waals surface area contributed by atoms with E-state index in [1.54, 1.807) is 12.1 Å². The molecule has 0 saturated carbocycles. The van der Waals surface area contributed by atoms with Crippen LogP contribution in [-0.4, -0.2) is 88.9 Å². The zero-order valence-electron chi connectivity index (χ0n) is 34.0. The highest BCUT2D eigenvalue weighted by Crippen LogP contribution is 2.17. The normalized spacial score (nSPS) is 12.9. The number of hydrogen-bond acceptors (Lipinski definition) is 9. The number of unbranched alkanes of at least 4 members (excludes halogenated alkanes) is 14. The van der Waals surface area contributed by atoms with Crippen LogP contribution in [0.4, 0.5) is 0 Å². The fourth-order valence-electron chi connectivity index (χ4n) is 6.41. The Labute approximate surface area is 343 Å². The number of nitrogens with two attached hydrogens (primary N) is 1. The van der Waals surface area contributed by atoms with Gasteiger partial charge in [0.15, 0.2) is 5.78 Å². The molecule has 0 saturated heterocycles. The SMILES string of the molecule is Cc1ccc(C(=O)NCCCC[C@H](NC(=O)CC[C@H](CC(=O)[C@H](CS(=O)(=O)O)NC(=O)CCCCCCCCCCCCCCCCC(=O)O)C(=O)O)C(N)=O)cc1. The van der Waals surface area contributed by atoms with Gasteiger partial charge in [-0.25, -0.2) is 0 Å². The van der Waals surface area contributed by atoms with Crippen LogP contribution in [0.5, 0.6) is 0 Å². The van der Waals surface area contributed by atoms with E-state index in [0.717, 1.165) is 76.2 Å². The molecular formula is C41H66N4O12S. The molecule has 8 N–H and O–H groups in total. The van der Waals surface area contributed by atoms with Crippen LogP contribution in [0.2, 0.25) is 0 Å². The summed E-state index contributed by atoms with van der Waals surface area (Å²) >= 11 is 0. The third-order valence-corrected chi connectivity index (χ3v) is 10.6. The van der Waals surface area contributed by atoms with E-state index in [9.17, 15) is 51.6 Å². The summed E-state index contributed by atoms with van der Waals surface area (Å²) in [6, 6.07) is 4.32. The lowest BCUT2D eigenvalue weighted by atomic mass is 9.94. The molecule has 0 heterocycles. The van der Waals surface area contributed by atoms with Crippen molar-refractivity contribution in [2.24, 2.45) is 11.7 Å². The quantitative estimate of drug-likeness (QED) is 0.0351. The van der Waals surface area contributed by atoms with Crippen molar-refractivity contribution in [2.75, 3.05) is 12.3 Å². The van der Waals surface area contributed by atoms with Gasteiger partial charge in [0.1, 0.15) is 17.8 Å². The highest BCUT2D eigenvalue weighted by atomic mass is 32.2. The fraction of sp³-hybridized carbons (Fsp3) is 0.683. The first-order chi connectivity index (χ1) is 27.5. The Kier molecular flexibility index (Phi) is 26.5. The predicted molar refractivity (Wildman–Crippen MR) is 218 cm³/mol. The molecule has 0 radical (unpaired) electrons. The average Bonchev–Trinajstić information content (AvgIpc) is 3.14. The molecule has 17 heteroatoms. The summed E-state index contributed by atoms with van der Waals surface area (Å²) in [5.41, 5.74) is 6.98. The number of carboxylic acid groups (broad SMARTS) is 2. The molecule has 0 fully saturated rings. The number of Topliss-reactive ketones (excluding diaryl/α,β-unsaturated/α-hetero) is 1. The summed E-state index contributed by atoms with van der Waals surface area (Å²) in [6.45, 7) is 2.23. The Morgan fingerprint density at radius 3 is 1.60 bits per heavy atom. The minimum Gasteiger partial charge on any atom is -0.481 e. The molecule has 0 bridgehead atoms. The summed E-state index contributed by atoms with van der Waals surface area (Å²) in [4.78, 5) is 85.1. The summed E-state index contributed by atoms with van der Waals surface area (Å²) < 4.78 is 32.8. The molecule has 58 heavy (non-hydrogen) atoms. The van der Waals surface area contributed by atoms with E-state index in [4.69, 9.17) is 10.8 Å². The molecule has 1 aromatic carbocycles. The summed E-state index contributed by atoms with van der Waals surface area (Å²) in [5.74, 6) is -8.01. The number of aliphatic carboxylic acids is 2. The van der Waals surface area contributed by atoms with Gasteiger partial charge in [0.2, 0.25) is 17.7 Å². The number of primary amides is 1. The summed E-state index contributed by atoms with van der Waals surface area (Å²) in [6.07, 6.45) is 13.8. The lowest BCUT2D eigenvalue weighted by Gasteiger charge is -2.19. The molecule has 16 nitrogen and oxygen atoms in total. The van der Waals surface area contributed by atoms with Crippen molar-refractivity contribution in [3.63, 3.8) is 0 Å². The van der Waals surface area contributed by atoms with E-state index in [1.165, 1.54) is 12.8 Å². The van der Waals surface area contributed by atoms with E-state index in [2.05, 4.69) is 16.0 Å². The Morgan fingerprint density at radius 1 is 0.638 bits per heavy atom. The predicted octanol–water partition coefficient (Wildman–Crippen LogP) is 5.00. The van der Waals surface area contributed by atoms with Crippen molar-refractivity contribution in [1.82, 2.24) is 16.0 Å². The van der Waals surface area contributed by atoms with Gasteiger partial charge in [-0.2, -0.15) is 8.42 Å². The molecule has 1 aromatic rings. The van der Waals surface area contributed by atoms with Crippen molar-refractivity contribution in [2.45, 2.75) is 160 Å². The average molecular weight is 839 g/mol. The van der Waals surface area contributed by atoms with Crippen LogP contribution >= 0.6 is 0 Å². The van der Waals surface area contributed by atoms with E-state index in [1.807, 2.05) is 19.1 Å². The van der Waals surface area contributed by atoms with Gasteiger partial charge < -0.3 is 31.9 Å². The number of carbonyl (C=O) groups excluding carboxylic acids is 5. The van der Waals surface area contributed by atoms with Crippen LogP contribution in [0.15, 0.2) is 24.3 Å². The molecular weight excluding hydrogens is 773 g/mol. The number of aryl methyl sites for hydroxylation is 1. The zero-order chi connectivity index (χ0) is 43.3. The summed E-state index contributed by atoms with van der Waals surface area (Å²) in [5, 5.41) is 26.0. The fourth-order valence-corrected chi connectivity index (χ4v) is 7.10. The highest BCUT2D eigenvalue weighted by molar-refractivity contribution is 7.85. The topological polar surface area (TPSA) is 276 Å². The van der Waals surface area contributed by atoms with Crippen LogP contribution in [0, 0.1) is 12.8 Å². The lowest BCUT2D eigenvalue weighted by molar-refractivity contribution is -0.144. The second-order valence-corrected chi connectivity index (χ2v) is 16.6. The van der Waals surface area contributed by atoms with Gasteiger partial charge >= 0.3 is 11.9 Å². The molecule has 0 spiro atoms. The smallest absolute Gasteiger partial charge is 0.306 e. The molecule has 4 amide bonds. The number of hydrogen-bond donors (Lipinski definition) is 7. The van der Waals surface area contributed by atoms with Gasteiger partial charge in [0, 0.05) is 37.8 Å². The number of amides is 4. The maximum atomic E-state index is 13.1. The standard InChI is InChI=1S/C41H66N4O12S/c1-30-21-23-31(24-22-30)40(52)43-27-17-16-18-33(39(42)51)44-37(48)26-25-32(41(53)54)28-35(46)34(29-58(55,56)57)45-36(47)19-14-12-10-8-6-4-2-3-5-7-9-11-13-15-20-38(49)50/h21-24,32-34H,2-20,25-29H2,1H3,(H2,42,51)(H,43,52)(H,44,48)(H,45,47)(H,49,50)(H,53,54)(H,55,56,57)/t32-,33+,34+/m1/s1. The monoisotopic (exact) mass is 838 g/mol. The Bertz CT molecular complexity index is 1550. The van der Waals surface area contributed by atoms with E-state index in [-0.39, 0.29) is 31.6 Å². The molecule has 0 aliphatic heterocycles. The van der Waals surface area contributed by atoms with Crippen molar-refractivity contribution >= 4 is 51.5 Å². The molecule has 0 unspecified atom stereocenters. The first kappa shape index (κ1) is 51.6. The Hall–Kier alpha value is -4.38. The third-order valence-electron chi connectivity index (χ3n) is 9.86. The van der Waals surface area contributed by atoms with Crippen LogP contribution in [0.1, 0.15) is 157 Å². The van der Waals surface area contributed by atoms with Gasteiger partial charge in [-0.1, -0.05) is 94.7 Å². The maximum Gasteiger partial charge on any atom is 0.306 e. The number of rotatable bonds is 35. The van der Waals surface area contributed by atoms with Gasteiger partial charge in [-0.05, 0) is 57.6 Å². The van der Waals surface area contributed by atoms with Gasteiger partial charge in [0.25, 0.3) is 16.0 Å². The zero-order valence-corrected chi connectivity index (χ0v) is 34.8. The molecule has 1 rings (SSSR count). The number of carbonyl (C=O) groups is 7. The van der Waals surface area contributed by atoms with E-state index < -0.39 is 82.2 Å². The Morgan fingerprint density at radius 2 is 1.12 bits per heavy atom. The van der Waals surface area contributed by atoms with Gasteiger partial charge in [0.05, 0.1) is 5.92 Å². The van der Waals surface area contributed by atoms with Gasteiger partial charge in [-0.15, -0.1) is 0 Å². The number of nitrogens with one attached hydrogen (secondary N) is 3. The van der Waals surface area contributed by atoms with Crippen molar-refractivity contribution in [1.29, 1.82) is 0 Å². The number of ketones is 1. The number of benzene rings is 1. The van der Waals surface area contributed by atoms with Crippen molar-refractivity contribution < 1.29 is 56.7 Å². The van der Waals surface area contributed by atoms with Crippen LogP contribution in [-0.2, 0) is 38.9 Å². The molecule has 0 aliphatic rings. The molecule has 328 valence electrons. The first-order valence-corrected chi connectivity index (χ1v) is 22.2. The summed E-state index contributed by atoms with van der Waals surface area (Å²) in [7, 11) is -4.73. The molecule has 0 aromatic heterocycles. The second-order valence-electron chi connectivity index (χ2n) is 15.1. The maximum absolute atomic E-state index is 13.1. The van der Waals surface area contributed by atoms with E-state index in [0.29, 0.717) is 31.4 Å². The number of carboxylic acids is 2. The van der Waals surface area contributed by atoms with Crippen molar-refractivity contribution in [3.05, 3.63) is 35.4 Å². The largest absolute Gasteiger partial charge is 0.481 e. The Balaban J connectivity index is 2.41. The van der Waals surface area contributed by atoms with Crippen LogP contribution in [0.25, 0.3) is 0 Å². The van der Waals surface area contributed by atoms with Crippen molar-refractivity contribution in [3.8, 4) is 0 Å². The van der Waals surface area contributed by atoms with Crippen LogP contribution < -0.4 is 21.7 Å². The lowest BCUT2D eigenvalue weighted by Crippen LogP contribution is -2.46. The first-order valence-electron chi connectivity index (χ1n) is 20.6. The second kappa shape index (κ2) is 29.8. The minimum atomic E-state index is -4.73. The highest BCUT2D eigenvalue weighted by Gasteiger charge is 2.31.